The number of halogens is 1. The first-order valence-electron chi connectivity index (χ1n) is 7.95. The van der Waals surface area contributed by atoms with Crippen molar-refractivity contribution in [2.75, 3.05) is 32.3 Å². The van der Waals surface area contributed by atoms with Crippen LogP contribution in [0.25, 0.3) is 0 Å². The Hall–Kier alpha value is -3.09. The van der Waals surface area contributed by atoms with E-state index in [2.05, 4.69) is 0 Å². The van der Waals surface area contributed by atoms with Crippen LogP contribution in [0.2, 0.25) is 0 Å². The van der Waals surface area contributed by atoms with Crippen LogP contribution in [-0.4, -0.2) is 39.2 Å². The van der Waals surface area contributed by atoms with Crippen LogP contribution in [0.3, 0.4) is 0 Å². The van der Waals surface area contributed by atoms with Gasteiger partial charge < -0.3 is 19.1 Å². The third-order valence-electron chi connectivity index (χ3n) is 3.70. The van der Waals surface area contributed by atoms with E-state index < -0.39 is 5.97 Å². The first kappa shape index (κ1) is 19.2. The number of carbonyl (C=O) groups is 2. The number of rotatable bonds is 7. The fraction of sp³-hybridized carbons (Fsp3) is 0.263. The third-order valence-corrected chi connectivity index (χ3v) is 3.70. The van der Waals surface area contributed by atoms with Crippen LogP contribution in [0.5, 0.6) is 11.5 Å². The predicted molar refractivity (Wildman–Crippen MR) is 94.3 cm³/mol. The maximum atomic E-state index is 13.1. The minimum absolute atomic E-state index is 0.180. The zero-order chi connectivity index (χ0) is 19.1. The van der Waals surface area contributed by atoms with Crippen molar-refractivity contribution in [3.63, 3.8) is 0 Å². The van der Waals surface area contributed by atoms with Gasteiger partial charge in [-0.1, -0.05) is 0 Å². The van der Waals surface area contributed by atoms with Crippen molar-refractivity contribution in [1.82, 2.24) is 0 Å². The fourth-order valence-electron chi connectivity index (χ4n) is 2.37. The summed E-state index contributed by atoms with van der Waals surface area (Å²) in [4.78, 5) is 25.8. The van der Waals surface area contributed by atoms with Crippen molar-refractivity contribution in [3.05, 3.63) is 53.8 Å². The lowest BCUT2D eigenvalue weighted by Crippen LogP contribution is -2.35. The van der Waals surface area contributed by atoms with Crippen molar-refractivity contribution >= 4 is 17.6 Å². The molecule has 7 heteroatoms. The summed E-state index contributed by atoms with van der Waals surface area (Å²) in [5, 5.41) is 0. The van der Waals surface area contributed by atoms with Crippen LogP contribution in [0.15, 0.2) is 42.5 Å². The fourth-order valence-corrected chi connectivity index (χ4v) is 2.37. The topological polar surface area (TPSA) is 65.1 Å². The molecule has 0 atom stereocenters. The van der Waals surface area contributed by atoms with Gasteiger partial charge in [0.2, 0.25) is 0 Å². The Balaban J connectivity index is 2.17. The van der Waals surface area contributed by atoms with Gasteiger partial charge in [0.05, 0.1) is 14.2 Å². The van der Waals surface area contributed by atoms with E-state index in [1.54, 1.807) is 13.0 Å². The van der Waals surface area contributed by atoms with Gasteiger partial charge in [0.15, 0.2) is 6.61 Å². The SMILES string of the molecule is CCN(C(=O)COc1cc(OC)ccc1C(=O)OC)c1ccc(F)cc1. The first-order valence-corrected chi connectivity index (χ1v) is 7.95. The number of hydrogen-bond acceptors (Lipinski definition) is 5. The van der Waals surface area contributed by atoms with Gasteiger partial charge in [-0.2, -0.15) is 0 Å². The van der Waals surface area contributed by atoms with Crippen LogP contribution in [0, 0.1) is 5.82 Å². The first-order chi connectivity index (χ1) is 12.5. The van der Waals surface area contributed by atoms with Crippen LogP contribution >= 0.6 is 0 Å². The minimum Gasteiger partial charge on any atom is -0.497 e. The molecule has 0 aliphatic rings. The number of carbonyl (C=O) groups excluding carboxylic acids is 2. The standard InChI is InChI=1S/C19H20FNO5/c1-4-21(14-7-5-13(20)6-8-14)18(22)12-26-17-11-15(24-2)9-10-16(17)19(23)25-3/h5-11H,4,12H2,1-3H3. The van der Waals surface area contributed by atoms with E-state index in [1.807, 2.05) is 0 Å². The molecule has 0 saturated carbocycles. The summed E-state index contributed by atoms with van der Waals surface area (Å²) in [5.41, 5.74) is 0.743. The molecule has 0 fully saturated rings. The summed E-state index contributed by atoms with van der Waals surface area (Å²) in [5.74, 6) is -0.642. The van der Waals surface area contributed by atoms with Gasteiger partial charge in [-0.05, 0) is 43.3 Å². The van der Waals surface area contributed by atoms with E-state index in [-0.39, 0.29) is 29.6 Å². The molecular formula is C19H20FNO5. The third kappa shape index (κ3) is 4.50. The van der Waals surface area contributed by atoms with Crippen LogP contribution in [0.1, 0.15) is 17.3 Å². The summed E-state index contributed by atoms with van der Waals surface area (Å²) in [6.07, 6.45) is 0. The van der Waals surface area contributed by atoms with Crippen molar-refractivity contribution < 1.29 is 28.2 Å². The van der Waals surface area contributed by atoms with Gasteiger partial charge in [0.25, 0.3) is 5.91 Å². The van der Waals surface area contributed by atoms with E-state index in [0.29, 0.717) is 18.0 Å². The van der Waals surface area contributed by atoms with Crippen LogP contribution in [-0.2, 0) is 9.53 Å². The number of hydrogen-bond donors (Lipinski definition) is 0. The maximum absolute atomic E-state index is 13.1. The Morgan fingerprint density at radius 2 is 1.77 bits per heavy atom. The van der Waals surface area contributed by atoms with Crippen LogP contribution in [0.4, 0.5) is 10.1 Å². The second-order valence-corrected chi connectivity index (χ2v) is 5.26. The smallest absolute Gasteiger partial charge is 0.341 e. The molecule has 26 heavy (non-hydrogen) atoms. The molecule has 138 valence electrons. The van der Waals surface area contributed by atoms with Crippen molar-refractivity contribution in [1.29, 1.82) is 0 Å². The number of amides is 1. The molecule has 0 spiro atoms. The van der Waals surface area contributed by atoms with E-state index >= 15 is 0 Å². The van der Waals surface area contributed by atoms with E-state index in [9.17, 15) is 14.0 Å². The summed E-state index contributed by atoms with van der Waals surface area (Å²) >= 11 is 0. The second kappa shape index (κ2) is 8.84. The molecule has 0 radical (unpaired) electrons. The molecular weight excluding hydrogens is 341 g/mol. The Kier molecular flexibility index (Phi) is 6.54. The van der Waals surface area contributed by atoms with Crippen LogP contribution < -0.4 is 14.4 Å². The molecule has 2 aromatic carbocycles. The van der Waals surface area contributed by atoms with Gasteiger partial charge in [-0.3, -0.25) is 4.79 Å². The molecule has 1 amide bonds. The highest BCUT2D eigenvalue weighted by atomic mass is 19.1. The summed E-state index contributed by atoms with van der Waals surface area (Å²) in [7, 11) is 2.74. The summed E-state index contributed by atoms with van der Waals surface area (Å²) < 4.78 is 28.4. The summed E-state index contributed by atoms with van der Waals surface area (Å²) in [6, 6.07) is 10.2. The van der Waals surface area contributed by atoms with E-state index in [4.69, 9.17) is 14.2 Å². The highest BCUT2D eigenvalue weighted by molar-refractivity contribution is 5.95. The number of benzene rings is 2. The Morgan fingerprint density at radius 3 is 2.35 bits per heavy atom. The number of likely N-dealkylation sites (N-methyl/N-ethyl adjacent to an activating group) is 1. The zero-order valence-electron chi connectivity index (χ0n) is 14.8. The van der Waals surface area contributed by atoms with Gasteiger partial charge in [-0.25, -0.2) is 9.18 Å². The largest absolute Gasteiger partial charge is 0.497 e. The Labute approximate surface area is 151 Å². The van der Waals surface area contributed by atoms with E-state index in [0.717, 1.165) is 0 Å². The molecule has 0 aliphatic carbocycles. The van der Waals surface area contributed by atoms with Crippen molar-refractivity contribution in [2.24, 2.45) is 0 Å². The number of ether oxygens (including phenoxy) is 3. The number of methoxy groups -OCH3 is 2. The zero-order valence-corrected chi connectivity index (χ0v) is 14.8. The lowest BCUT2D eigenvalue weighted by atomic mass is 10.2. The molecule has 0 heterocycles. The molecule has 6 nitrogen and oxygen atoms in total. The Bertz CT molecular complexity index is 776. The van der Waals surface area contributed by atoms with Gasteiger partial charge >= 0.3 is 5.97 Å². The highest BCUT2D eigenvalue weighted by Gasteiger charge is 2.18. The second-order valence-electron chi connectivity index (χ2n) is 5.26. The molecule has 2 rings (SSSR count). The predicted octanol–water partition coefficient (Wildman–Crippen LogP) is 3.05. The lowest BCUT2D eigenvalue weighted by molar-refractivity contribution is -0.120. The molecule has 0 aliphatic heterocycles. The average Bonchev–Trinajstić information content (AvgIpc) is 2.67. The van der Waals surface area contributed by atoms with Gasteiger partial charge in [0, 0.05) is 18.3 Å². The van der Waals surface area contributed by atoms with Gasteiger partial charge in [0.1, 0.15) is 22.9 Å². The minimum atomic E-state index is -0.582. The Morgan fingerprint density at radius 1 is 1.08 bits per heavy atom. The van der Waals surface area contributed by atoms with Crippen molar-refractivity contribution in [2.45, 2.75) is 6.92 Å². The van der Waals surface area contributed by atoms with E-state index in [1.165, 1.54) is 55.5 Å². The molecule has 0 unspecified atom stereocenters. The normalized spacial score (nSPS) is 10.2. The lowest BCUT2D eigenvalue weighted by Gasteiger charge is -2.21. The highest BCUT2D eigenvalue weighted by Crippen LogP contribution is 2.26. The van der Waals surface area contributed by atoms with Crippen molar-refractivity contribution in [3.8, 4) is 11.5 Å². The number of nitrogens with zero attached hydrogens (tertiary/aromatic N) is 1. The molecule has 2 aromatic rings. The average molecular weight is 361 g/mol. The quantitative estimate of drug-likeness (QED) is 0.709. The monoisotopic (exact) mass is 361 g/mol. The molecule has 0 bridgehead atoms. The van der Waals surface area contributed by atoms with Gasteiger partial charge in [-0.15, -0.1) is 0 Å². The molecule has 0 aromatic heterocycles. The summed E-state index contributed by atoms with van der Waals surface area (Å²) in [6.45, 7) is 1.88. The number of esters is 1. The maximum Gasteiger partial charge on any atom is 0.341 e. The molecule has 0 N–H and O–H groups in total. The number of anilines is 1. The molecule has 0 saturated heterocycles.